The number of nitrogens with zero attached hydrogens (tertiary/aromatic N) is 1. The van der Waals surface area contributed by atoms with Crippen molar-refractivity contribution in [2.75, 3.05) is 0 Å². The molecule has 1 aromatic rings. The highest BCUT2D eigenvalue weighted by molar-refractivity contribution is 7.09. The second kappa shape index (κ2) is 2.82. The third-order valence-corrected chi connectivity index (χ3v) is 3.30. The maximum atomic E-state index is 4.40. The third-order valence-electron chi connectivity index (χ3n) is 2.33. The summed E-state index contributed by atoms with van der Waals surface area (Å²) in [4.78, 5) is 4.40. The molecule has 1 aromatic heterocycles. The zero-order valence-corrected chi connectivity index (χ0v) is 8.37. The average Bonchev–Trinajstić information content (AvgIpc) is 2.60. The van der Waals surface area contributed by atoms with Crippen molar-refractivity contribution in [2.45, 2.75) is 38.8 Å². The zero-order chi connectivity index (χ0) is 8.60. The Morgan fingerprint density at radius 1 is 1.67 bits per heavy atom. The summed E-state index contributed by atoms with van der Waals surface area (Å²) in [6.45, 7) is 5.25. The number of hydrogen-bond donors (Lipinski definition) is 1. The molecule has 66 valence electrons. The predicted molar refractivity (Wildman–Crippen MR) is 51.3 cm³/mol. The number of aryl methyl sites for hydroxylation is 1. The van der Waals surface area contributed by atoms with Gasteiger partial charge in [-0.2, -0.15) is 0 Å². The van der Waals surface area contributed by atoms with Crippen molar-refractivity contribution in [1.82, 2.24) is 10.3 Å². The van der Waals surface area contributed by atoms with Crippen LogP contribution < -0.4 is 5.32 Å². The van der Waals surface area contributed by atoms with Crippen LogP contribution in [0.1, 0.15) is 30.5 Å². The number of hydrogen-bond acceptors (Lipinski definition) is 3. The van der Waals surface area contributed by atoms with Gasteiger partial charge in [-0.05, 0) is 26.7 Å². The van der Waals surface area contributed by atoms with Crippen molar-refractivity contribution in [3.8, 4) is 0 Å². The summed E-state index contributed by atoms with van der Waals surface area (Å²) in [5, 5.41) is 6.82. The predicted octanol–water partition coefficient (Wildman–Crippen LogP) is 2.09. The third kappa shape index (κ3) is 1.84. The molecule has 2 nitrogen and oxygen atoms in total. The topological polar surface area (TPSA) is 24.9 Å². The molecule has 0 atom stereocenters. The lowest BCUT2D eigenvalue weighted by Gasteiger charge is -2.08. The van der Waals surface area contributed by atoms with Crippen LogP contribution >= 0.6 is 11.3 Å². The van der Waals surface area contributed by atoms with Gasteiger partial charge < -0.3 is 5.32 Å². The Labute approximate surface area is 77.0 Å². The first kappa shape index (κ1) is 8.20. The molecule has 1 aliphatic rings. The van der Waals surface area contributed by atoms with Gasteiger partial charge in [0.1, 0.15) is 5.01 Å². The van der Waals surface area contributed by atoms with Crippen molar-refractivity contribution >= 4 is 11.3 Å². The summed E-state index contributed by atoms with van der Waals surface area (Å²) in [6, 6.07) is 0. The van der Waals surface area contributed by atoms with Gasteiger partial charge in [-0.1, -0.05) is 0 Å². The van der Waals surface area contributed by atoms with Crippen molar-refractivity contribution in [3.05, 3.63) is 16.1 Å². The van der Waals surface area contributed by atoms with Gasteiger partial charge in [0.25, 0.3) is 0 Å². The number of thiazole rings is 1. The highest BCUT2D eigenvalue weighted by Crippen LogP contribution is 2.34. The molecule has 1 N–H and O–H groups in total. The van der Waals surface area contributed by atoms with Crippen molar-refractivity contribution in [1.29, 1.82) is 0 Å². The monoisotopic (exact) mass is 182 g/mol. The fourth-order valence-corrected chi connectivity index (χ4v) is 1.85. The normalized spacial score (nSPS) is 19.5. The van der Waals surface area contributed by atoms with E-state index in [-0.39, 0.29) is 0 Å². The lowest BCUT2D eigenvalue weighted by Crippen LogP contribution is -2.26. The van der Waals surface area contributed by atoms with E-state index in [0.29, 0.717) is 5.54 Å². The van der Waals surface area contributed by atoms with Crippen LogP contribution in [-0.2, 0) is 6.54 Å². The molecule has 0 radical (unpaired) electrons. The van der Waals surface area contributed by atoms with E-state index in [2.05, 4.69) is 22.6 Å². The Kier molecular flexibility index (Phi) is 1.93. The Hall–Kier alpha value is -0.410. The smallest absolute Gasteiger partial charge is 0.107 e. The zero-order valence-electron chi connectivity index (χ0n) is 7.55. The summed E-state index contributed by atoms with van der Waals surface area (Å²) in [6.07, 6.45) is 2.63. The molecule has 0 spiro atoms. The molecule has 2 rings (SSSR count). The highest BCUT2D eigenvalue weighted by atomic mass is 32.1. The van der Waals surface area contributed by atoms with E-state index in [1.54, 1.807) is 11.3 Å². The van der Waals surface area contributed by atoms with Gasteiger partial charge in [-0.15, -0.1) is 11.3 Å². The molecule has 0 bridgehead atoms. The van der Waals surface area contributed by atoms with Crippen LogP contribution in [0.5, 0.6) is 0 Å². The molecule has 1 aliphatic carbocycles. The largest absolute Gasteiger partial charge is 0.305 e. The molecule has 0 unspecified atom stereocenters. The van der Waals surface area contributed by atoms with Crippen molar-refractivity contribution in [3.63, 3.8) is 0 Å². The number of nitrogens with one attached hydrogen (secondary N) is 1. The van der Waals surface area contributed by atoms with E-state index in [1.807, 2.05) is 6.92 Å². The summed E-state index contributed by atoms with van der Waals surface area (Å²) >= 11 is 1.74. The molecule has 1 heterocycles. The van der Waals surface area contributed by atoms with Gasteiger partial charge in [0.15, 0.2) is 0 Å². The Bertz CT molecular complexity index is 276. The molecule has 0 aromatic carbocycles. The Morgan fingerprint density at radius 3 is 2.92 bits per heavy atom. The van der Waals surface area contributed by atoms with Crippen LogP contribution in [0.2, 0.25) is 0 Å². The van der Waals surface area contributed by atoms with Gasteiger partial charge in [0.2, 0.25) is 0 Å². The van der Waals surface area contributed by atoms with Crippen LogP contribution in [-0.4, -0.2) is 10.5 Å². The van der Waals surface area contributed by atoms with Crippen molar-refractivity contribution < 1.29 is 0 Å². The lowest BCUT2D eigenvalue weighted by atomic mass is 10.3. The second-order valence-corrected chi connectivity index (χ2v) is 4.74. The number of rotatable bonds is 3. The van der Waals surface area contributed by atoms with Crippen LogP contribution in [0, 0.1) is 6.92 Å². The van der Waals surface area contributed by atoms with E-state index in [1.165, 1.54) is 17.8 Å². The van der Waals surface area contributed by atoms with Gasteiger partial charge in [-0.3, -0.25) is 0 Å². The van der Waals surface area contributed by atoms with Crippen LogP contribution in [0.4, 0.5) is 0 Å². The fraction of sp³-hybridized carbons (Fsp3) is 0.667. The summed E-state index contributed by atoms with van der Waals surface area (Å²) < 4.78 is 0. The minimum absolute atomic E-state index is 0.430. The SMILES string of the molecule is Cc1csc(CNC2(C)CC2)n1. The van der Waals surface area contributed by atoms with E-state index >= 15 is 0 Å². The first-order chi connectivity index (χ1) is 5.68. The maximum Gasteiger partial charge on any atom is 0.107 e. The molecule has 0 amide bonds. The minimum Gasteiger partial charge on any atom is -0.305 e. The minimum atomic E-state index is 0.430. The average molecular weight is 182 g/mol. The van der Waals surface area contributed by atoms with Gasteiger partial charge >= 0.3 is 0 Å². The van der Waals surface area contributed by atoms with E-state index in [4.69, 9.17) is 0 Å². The van der Waals surface area contributed by atoms with Gasteiger partial charge in [-0.25, -0.2) is 4.98 Å². The molecular weight excluding hydrogens is 168 g/mol. The molecular formula is C9H14N2S. The van der Waals surface area contributed by atoms with E-state index < -0.39 is 0 Å². The Morgan fingerprint density at radius 2 is 2.42 bits per heavy atom. The second-order valence-electron chi connectivity index (χ2n) is 3.80. The highest BCUT2D eigenvalue weighted by Gasteiger charge is 2.36. The summed E-state index contributed by atoms with van der Waals surface area (Å²) in [5.41, 5.74) is 1.57. The van der Waals surface area contributed by atoms with E-state index in [9.17, 15) is 0 Å². The van der Waals surface area contributed by atoms with Crippen LogP contribution in [0.15, 0.2) is 5.38 Å². The maximum absolute atomic E-state index is 4.40. The van der Waals surface area contributed by atoms with Gasteiger partial charge in [0.05, 0.1) is 0 Å². The number of aromatic nitrogens is 1. The molecule has 0 saturated heterocycles. The molecule has 1 saturated carbocycles. The quantitative estimate of drug-likeness (QED) is 0.774. The molecule has 3 heteroatoms. The Balaban J connectivity index is 1.87. The van der Waals surface area contributed by atoms with Crippen molar-refractivity contribution in [2.24, 2.45) is 0 Å². The van der Waals surface area contributed by atoms with Crippen LogP contribution in [0.25, 0.3) is 0 Å². The summed E-state index contributed by atoms with van der Waals surface area (Å²) in [5.74, 6) is 0. The first-order valence-electron chi connectivity index (χ1n) is 4.34. The standard InChI is InChI=1S/C9H14N2S/c1-7-6-12-8(11-7)5-10-9(2)3-4-9/h6,10H,3-5H2,1-2H3. The fourth-order valence-electron chi connectivity index (χ4n) is 1.14. The summed E-state index contributed by atoms with van der Waals surface area (Å²) in [7, 11) is 0. The van der Waals surface area contributed by atoms with E-state index in [0.717, 1.165) is 12.2 Å². The molecule has 1 fully saturated rings. The van der Waals surface area contributed by atoms with Gasteiger partial charge in [0, 0.05) is 23.2 Å². The van der Waals surface area contributed by atoms with Crippen LogP contribution in [0.3, 0.4) is 0 Å². The lowest BCUT2D eigenvalue weighted by molar-refractivity contribution is 0.536. The first-order valence-corrected chi connectivity index (χ1v) is 5.22. The molecule has 0 aliphatic heterocycles. The molecule has 12 heavy (non-hydrogen) atoms.